The smallest absolute Gasteiger partial charge is 0.133 e. The molecule has 7 atom stereocenters. The first-order valence-corrected chi connectivity index (χ1v) is 10.1. The minimum atomic E-state index is 0.276. The predicted molar refractivity (Wildman–Crippen MR) is 93.7 cm³/mol. The van der Waals surface area contributed by atoms with Crippen LogP contribution in [0.15, 0.2) is 0 Å². The second kappa shape index (κ2) is 6.09. The highest BCUT2D eigenvalue weighted by molar-refractivity contribution is 5.79. The van der Waals surface area contributed by atoms with Crippen molar-refractivity contribution in [2.75, 3.05) is 20.8 Å². The van der Waals surface area contributed by atoms with Gasteiger partial charge in [-0.2, -0.15) is 0 Å². The van der Waals surface area contributed by atoms with E-state index in [9.17, 15) is 4.79 Å². The highest BCUT2D eigenvalue weighted by atomic mass is 16.5. The summed E-state index contributed by atoms with van der Waals surface area (Å²) in [7, 11) is 3.76. The lowest BCUT2D eigenvalue weighted by Crippen LogP contribution is -2.57. The van der Waals surface area contributed by atoms with Crippen LogP contribution in [0.3, 0.4) is 0 Å². The molecule has 0 aliphatic heterocycles. The Morgan fingerprint density at radius 3 is 2.62 bits per heavy atom. The van der Waals surface area contributed by atoms with E-state index < -0.39 is 0 Å². The highest BCUT2D eigenvalue weighted by Crippen LogP contribution is 2.66. The Morgan fingerprint density at radius 2 is 1.88 bits per heavy atom. The fourth-order valence-corrected chi connectivity index (χ4v) is 7.74. The number of ketones is 1. The van der Waals surface area contributed by atoms with Crippen LogP contribution in [0.4, 0.5) is 0 Å². The first-order chi connectivity index (χ1) is 11.5. The Kier molecular flexibility index (Phi) is 4.32. The largest absolute Gasteiger partial charge is 0.384 e. The zero-order valence-electron chi connectivity index (χ0n) is 15.7. The Balaban J connectivity index is 1.65. The maximum Gasteiger partial charge on any atom is 0.133 e. The lowest BCUT2D eigenvalue weighted by molar-refractivity contribution is -0.160. The molecular weight excluding hydrogens is 300 g/mol. The van der Waals surface area contributed by atoms with Gasteiger partial charge in [-0.1, -0.05) is 6.92 Å². The third kappa shape index (κ3) is 2.26. The Labute approximate surface area is 146 Å². The number of carbonyl (C=O) groups excluding carboxylic acids is 1. The van der Waals surface area contributed by atoms with Crippen molar-refractivity contribution in [3.63, 3.8) is 0 Å². The summed E-state index contributed by atoms with van der Waals surface area (Å²) < 4.78 is 11.7. The fraction of sp³-hybridized carbons (Fsp3) is 0.952. The summed E-state index contributed by atoms with van der Waals surface area (Å²) in [6, 6.07) is 0. The van der Waals surface area contributed by atoms with Crippen molar-refractivity contribution in [3.05, 3.63) is 0 Å². The molecule has 0 aromatic heterocycles. The van der Waals surface area contributed by atoms with Crippen molar-refractivity contribution < 1.29 is 14.3 Å². The minimum absolute atomic E-state index is 0.276. The van der Waals surface area contributed by atoms with Crippen molar-refractivity contribution in [3.8, 4) is 0 Å². The molecule has 4 aliphatic rings. The van der Waals surface area contributed by atoms with E-state index in [2.05, 4.69) is 6.92 Å². The maximum atomic E-state index is 12.1. The normalized spacial score (nSPS) is 51.0. The van der Waals surface area contributed by atoms with Crippen molar-refractivity contribution in [1.29, 1.82) is 0 Å². The molecule has 0 radical (unpaired) electrons. The summed E-state index contributed by atoms with van der Waals surface area (Å²) in [5.74, 6) is 3.46. The van der Waals surface area contributed by atoms with Crippen molar-refractivity contribution in [2.24, 2.45) is 34.5 Å². The summed E-state index contributed by atoms with van der Waals surface area (Å²) in [4.78, 5) is 12.1. The number of carbonyl (C=O) groups is 1. The van der Waals surface area contributed by atoms with Crippen LogP contribution in [0.25, 0.3) is 0 Å². The van der Waals surface area contributed by atoms with Gasteiger partial charge in [0, 0.05) is 32.5 Å². The van der Waals surface area contributed by atoms with Crippen LogP contribution >= 0.6 is 0 Å². The quantitative estimate of drug-likeness (QED) is 0.774. The highest BCUT2D eigenvalue weighted by Gasteiger charge is 2.61. The maximum absolute atomic E-state index is 12.1. The second-order valence-corrected chi connectivity index (χ2v) is 9.41. The second-order valence-electron chi connectivity index (χ2n) is 9.41. The van der Waals surface area contributed by atoms with Gasteiger partial charge in [0.05, 0.1) is 12.7 Å². The number of hydrogen-bond donors (Lipinski definition) is 0. The van der Waals surface area contributed by atoms with Crippen LogP contribution < -0.4 is 0 Å². The van der Waals surface area contributed by atoms with Crippen LogP contribution in [-0.4, -0.2) is 32.7 Å². The Hall–Kier alpha value is -0.410. The molecule has 0 N–H and O–H groups in total. The van der Waals surface area contributed by atoms with Gasteiger partial charge in [0.25, 0.3) is 0 Å². The number of Topliss-reactive ketones (excluding diaryl/α,β-unsaturated/α-hetero) is 1. The van der Waals surface area contributed by atoms with E-state index in [0.29, 0.717) is 23.2 Å². The molecule has 24 heavy (non-hydrogen) atoms. The zero-order chi connectivity index (χ0) is 16.9. The van der Waals surface area contributed by atoms with Gasteiger partial charge < -0.3 is 9.47 Å². The lowest BCUT2D eigenvalue weighted by atomic mass is 9.45. The average molecular weight is 335 g/mol. The van der Waals surface area contributed by atoms with Gasteiger partial charge in [0.2, 0.25) is 0 Å². The van der Waals surface area contributed by atoms with Crippen LogP contribution in [0.1, 0.15) is 64.7 Å². The van der Waals surface area contributed by atoms with Crippen LogP contribution in [-0.2, 0) is 14.3 Å². The first-order valence-electron chi connectivity index (χ1n) is 10.1. The molecule has 7 unspecified atom stereocenters. The molecular formula is C21H34O3. The van der Waals surface area contributed by atoms with Crippen LogP contribution in [0, 0.1) is 34.5 Å². The third-order valence-electron chi connectivity index (χ3n) is 8.79. The van der Waals surface area contributed by atoms with Gasteiger partial charge in [0.15, 0.2) is 0 Å². The molecule has 3 heteroatoms. The summed E-state index contributed by atoms with van der Waals surface area (Å²) in [6.07, 6.45) is 10.9. The van der Waals surface area contributed by atoms with Gasteiger partial charge in [-0.15, -0.1) is 0 Å². The standard InChI is InChI=1S/C21H34O3/c1-20-10-9-18-16(17(20)6-7-19(20)24-3)5-4-14-12-15(22)8-11-21(14,18)13-23-2/h14,16-19H,4-13H2,1-3H3. The number of rotatable bonds is 3. The van der Waals surface area contributed by atoms with Gasteiger partial charge in [-0.3, -0.25) is 4.79 Å². The Bertz CT molecular complexity index is 503. The van der Waals surface area contributed by atoms with E-state index in [-0.39, 0.29) is 5.41 Å². The topological polar surface area (TPSA) is 35.5 Å². The van der Waals surface area contributed by atoms with Gasteiger partial charge >= 0.3 is 0 Å². The number of hydrogen-bond acceptors (Lipinski definition) is 3. The van der Waals surface area contributed by atoms with E-state index in [4.69, 9.17) is 9.47 Å². The molecule has 0 saturated heterocycles. The molecule has 0 aromatic carbocycles. The van der Waals surface area contributed by atoms with E-state index in [1.54, 1.807) is 0 Å². The molecule has 0 amide bonds. The van der Waals surface area contributed by atoms with E-state index in [1.165, 1.54) is 38.5 Å². The Morgan fingerprint density at radius 1 is 1.04 bits per heavy atom. The van der Waals surface area contributed by atoms with Crippen molar-refractivity contribution in [2.45, 2.75) is 70.8 Å². The zero-order valence-corrected chi connectivity index (χ0v) is 15.7. The van der Waals surface area contributed by atoms with Crippen LogP contribution in [0.2, 0.25) is 0 Å². The molecule has 136 valence electrons. The fourth-order valence-electron chi connectivity index (χ4n) is 7.74. The summed E-state index contributed by atoms with van der Waals surface area (Å²) in [6.45, 7) is 3.36. The van der Waals surface area contributed by atoms with Crippen molar-refractivity contribution in [1.82, 2.24) is 0 Å². The predicted octanol–water partition coefficient (Wildman–Crippen LogP) is 4.24. The summed E-state index contributed by atoms with van der Waals surface area (Å²) in [5, 5.41) is 0. The summed E-state index contributed by atoms with van der Waals surface area (Å²) >= 11 is 0. The molecule has 0 aromatic rings. The average Bonchev–Trinajstić information content (AvgIpc) is 2.92. The van der Waals surface area contributed by atoms with E-state index >= 15 is 0 Å². The molecule has 3 nitrogen and oxygen atoms in total. The first kappa shape index (κ1) is 17.0. The van der Waals surface area contributed by atoms with Gasteiger partial charge in [-0.05, 0) is 74.0 Å². The monoisotopic (exact) mass is 334 g/mol. The van der Waals surface area contributed by atoms with E-state index in [1.807, 2.05) is 14.2 Å². The number of fused-ring (bicyclic) bond motifs is 5. The molecule has 0 spiro atoms. The molecule has 4 saturated carbocycles. The summed E-state index contributed by atoms with van der Waals surface area (Å²) in [5.41, 5.74) is 0.652. The van der Waals surface area contributed by atoms with Crippen molar-refractivity contribution >= 4 is 5.78 Å². The van der Waals surface area contributed by atoms with Gasteiger partial charge in [-0.25, -0.2) is 0 Å². The third-order valence-corrected chi connectivity index (χ3v) is 8.79. The molecule has 0 heterocycles. The minimum Gasteiger partial charge on any atom is -0.384 e. The molecule has 4 aliphatic carbocycles. The number of ether oxygens (including phenoxy) is 2. The van der Waals surface area contributed by atoms with E-state index in [0.717, 1.165) is 43.6 Å². The number of methoxy groups -OCH3 is 2. The molecule has 0 bridgehead atoms. The molecule has 4 rings (SSSR count). The lowest BCUT2D eigenvalue weighted by Gasteiger charge is -2.60. The van der Waals surface area contributed by atoms with Crippen LogP contribution in [0.5, 0.6) is 0 Å². The van der Waals surface area contributed by atoms with Gasteiger partial charge in [0.1, 0.15) is 5.78 Å². The molecule has 4 fully saturated rings. The SMILES string of the molecule is COCC12CCC(=O)CC1CCC1C3CCC(OC)C3(C)CCC12.